The number of anilines is 2. The van der Waals surface area contributed by atoms with E-state index in [1.807, 2.05) is 18.2 Å². The fourth-order valence-electron chi connectivity index (χ4n) is 2.40. The number of hydrogen-bond acceptors (Lipinski definition) is 9. The monoisotopic (exact) mass is 461 g/mol. The molecule has 0 aliphatic carbocycles. The van der Waals surface area contributed by atoms with Crippen molar-refractivity contribution in [3.63, 3.8) is 0 Å². The zero-order valence-corrected chi connectivity index (χ0v) is 18.3. The molecule has 0 radical (unpaired) electrons. The van der Waals surface area contributed by atoms with Crippen LogP contribution in [0.3, 0.4) is 0 Å². The Labute approximate surface area is 187 Å². The smallest absolute Gasteiger partial charge is 0.264 e. The molecule has 0 aliphatic rings. The molecule has 10 nitrogen and oxygen atoms in total. The zero-order valence-electron chi connectivity index (χ0n) is 16.7. The molecule has 1 heterocycles. The third kappa shape index (κ3) is 6.03. The fraction of sp³-hybridized carbons (Fsp3) is 0.158. The Balaban J connectivity index is 1.56. The molecule has 3 rings (SSSR count). The molecule has 0 unspecified atom stereocenters. The van der Waals surface area contributed by atoms with E-state index < -0.39 is 0 Å². The number of nitrogens with two attached hydrogens (primary N) is 1. The first kappa shape index (κ1) is 22.2. The lowest BCUT2D eigenvalue weighted by Crippen LogP contribution is -2.17. The zero-order chi connectivity index (χ0) is 22.2. The molecule has 0 fully saturated rings. The van der Waals surface area contributed by atoms with Gasteiger partial charge in [-0.1, -0.05) is 41.6 Å². The van der Waals surface area contributed by atoms with Crippen molar-refractivity contribution in [2.45, 2.75) is 5.16 Å². The third-order valence-corrected chi connectivity index (χ3v) is 5.19. The highest BCUT2D eigenvalue weighted by Crippen LogP contribution is 2.26. The molecular formula is C19H20ClN7O3S. The van der Waals surface area contributed by atoms with E-state index in [1.165, 1.54) is 18.9 Å². The van der Waals surface area contributed by atoms with E-state index in [0.717, 1.165) is 17.3 Å². The number of hydrogen-bond donors (Lipinski definition) is 3. The molecule has 2 aromatic carbocycles. The molecule has 0 atom stereocenters. The lowest BCUT2D eigenvalue weighted by molar-refractivity contribution is -0.113. The first-order valence-corrected chi connectivity index (χ1v) is 10.3. The lowest BCUT2D eigenvalue weighted by Gasteiger charge is -2.09. The molecule has 0 spiro atoms. The van der Waals surface area contributed by atoms with Gasteiger partial charge in [0.15, 0.2) is 0 Å². The molecule has 162 valence electrons. The number of aromatic nitrogens is 3. The van der Waals surface area contributed by atoms with Crippen LogP contribution < -0.4 is 26.1 Å². The third-order valence-electron chi connectivity index (χ3n) is 3.91. The maximum absolute atomic E-state index is 12.3. The first-order chi connectivity index (χ1) is 15.0. The summed E-state index contributed by atoms with van der Waals surface area (Å²) in [5.74, 6) is 7.13. The summed E-state index contributed by atoms with van der Waals surface area (Å²) in [4.78, 5) is 12.3. The number of carbonyl (C=O) groups excluding carboxylic acids is 1. The molecule has 0 aliphatic heterocycles. The number of halogens is 1. The second kappa shape index (κ2) is 10.5. The Hall–Kier alpha value is -3.44. The number of nitrogens with zero attached hydrogens (tertiary/aromatic N) is 4. The van der Waals surface area contributed by atoms with Gasteiger partial charge in [-0.2, -0.15) is 5.10 Å². The van der Waals surface area contributed by atoms with Gasteiger partial charge < -0.3 is 20.6 Å². The Kier molecular flexibility index (Phi) is 7.57. The van der Waals surface area contributed by atoms with E-state index in [-0.39, 0.29) is 17.6 Å². The average Bonchev–Trinajstić information content (AvgIpc) is 3.12. The quantitative estimate of drug-likeness (QED) is 0.192. The number of ether oxygens (including phenoxy) is 2. The highest BCUT2D eigenvalue weighted by atomic mass is 35.5. The number of amides is 1. The lowest BCUT2D eigenvalue weighted by atomic mass is 10.2. The van der Waals surface area contributed by atoms with Gasteiger partial charge >= 0.3 is 0 Å². The number of methoxy groups -OCH3 is 2. The summed E-state index contributed by atoms with van der Waals surface area (Å²) in [6.45, 7) is 0. The normalized spacial score (nSPS) is 10.8. The van der Waals surface area contributed by atoms with Gasteiger partial charge in [0.25, 0.3) is 5.95 Å². The van der Waals surface area contributed by atoms with Crippen molar-refractivity contribution in [3.8, 4) is 11.5 Å². The Morgan fingerprint density at radius 1 is 1.23 bits per heavy atom. The van der Waals surface area contributed by atoms with Crippen LogP contribution in [0.15, 0.2) is 52.7 Å². The first-order valence-electron chi connectivity index (χ1n) is 8.90. The van der Waals surface area contributed by atoms with E-state index in [0.29, 0.717) is 27.4 Å². The maximum Gasteiger partial charge on any atom is 0.264 e. The van der Waals surface area contributed by atoms with E-state index >= 15 is 0 Å². The van der Waals surface area contributed by atoms with Crippen LogP contribution in [0.1, 0.15) is 5.56 Å². The van der Waals surface area contributed by atoms with Gasteiger partial charge in [0, 0.05) is 34.5 Å². The second-order valence-corrected chi connectivity index (χ2v) is 7.36. The molecular weight excluding hydrogens is 442 g/mol. The summed E-state index contributed by atoms with van der Waals surface area (Å²) >= 11 is 7.20. The highest BCUT2D eigenvalue weighted by molar-refractivity contribution is 7.99. The minimum Gasteiger partial charge on any atom is -0.497 e. The van der Waals surface area contributed by atoms with Crippen molar-refractivity contribution >= 4 is 47.1 Å². The predicted octanol–water partition coefficient (Wildman–Crippen LogP) is 2.84. The second-order valence-electron chi connectivity index (χ2n) is 6.01. The number of hydrazone groups is 1. The summed E-state index contributed by atoms with van der Waals surface area (Å²) < 4.78 is 11.6. The molecule has 12 heteroatoms. The van der Waals surface area contributed by atoms with E-state index in [9.17, 15) is 4.79 Å². The molecule has 0 bridgehead atoms. The SMILES string of the molecule is COc1cc(NC(=O)CSc2nnc(N/N=C/c3ccccc3Cl)n2N)cc(OC)c1. The fourth-order valence-corrected chi connectivity index (χ4v) is 3.24. The van der Waals surface area contributed by atoms with Gasteiger partial charge in [0.05, 0.1) is 26.2 Å². The summed E-state index contributed by atoms with van der Waals surface area (Å²) in [6.07, 6.45) is 1.54. The van der Waals surface area contributed by atoms with Crippen LogP contribution in [0, 0.1) is 0 Å². The topological polar surface area (TPSA) is 129 Å². The Morgan fingerprint density at radius 3 is 2.61 bits per heavy atom. The molecule has 0 saturated heterocycles. The van der Waals surface area contributed by atoms with E-state index in [4.69, 9.17) is 26.9 Å². The minimum atomic E-state index is -0.255. The Bertz CT molecular complexity index is 1070. The van der Waals surface area contributed by atoms with Crippen LogP contribution >= 0.6 is 23.4 Å². The van der Waals surface area contributed by atoms with Gasteiger partial charge in [-0.25, -0.2) is 10.1 Å². The number of benzene rings is 2. The van der Waals surface area contributed by atoms with Crippen molar-refractivity contribution < 1.29 is 14.3 Å². The average molecular weight is 462 g/mol. The van der Waals surface area contributed by atoms with Crippen LogP contribution in [-0.4, -0.2) is 47.0 Å². The minimum absolute atomic E-state index is 0.0672. The largest absolute Gasteiger partial charge is 0.497 e. The number of nitrogen functional groups attached to an aromatic ring is 1. The van der Waals surface area contributed by atoms with Crippen LogP contribution in [0.25, 0.3) is 0 Å². The van der Waals surface area contributed by atoms with Crippen LogP contribution in [-0.2, 0) is 4.79 Å². The van der Waals surface area contributed by atoms with Crippen molar-refractivity contribution in [1.29, 1.82) is 0 Å². The molecule has 4 N–H and O–H groups in total. The van der Waals surface area contributed by atoms with Gasteiger partial charge in [-0.3, -0.25) is 4.79 Å². The number of carbonyl (C=O) groups is 1. The van der Waals surface area contributed by atoms with Crippen molar-refractivity contribution in [2.24, 2.45) is 5.10 Å². The summed E-state index contributed by atoms with van der Waals surface area (Å²) in [6, 6.07) is 12.3. The highest BCUT2D eigenvalue weighted by Gasteiger charge is 2.13. The van der Waals surface area contributed by atoms with Crippen LogP contribution in [0.5, 0.6) is 11.5 Å². The maximum atomic E-state index is 12.3. The van der Waals surface area contributed by atoms with Crippen molar-refractivity contribution in [1.82, 2.24) is 14.9 Å². The van der Waals surface area contributed by atoms with E-state index in [2.05, 4.69) is 26.0 Å². The Morgan fingerprint density at radius 2 is 1.94 bits per heavy atom. The van der Waals surface area contributed by atoms with Crippen LogP contribution in [0.4, 0.5) is 11.6 Å². The van der Waals surface area contributed by atoms with Gasteiger partial charge in [0.2, 0.25) is 11.1 Å². The molecule has 1 amide bonds. The standard InChI is InChI=1S/C19H20ClN7O3S/c1-29-14-7-13(8-15(9-14)30-2)23-17(28)11-31-19-26-25-18(27(19)21)24-22-10-12-5-3-4-6-16(12)20/h3-10H,11,21H2,1-2H3,(H,23,28)(H,24,25)/b22-10+. The molecule has 1 aromatic heterocycles. The van der Waals surface area contributed by atoms with Gasteiger partial charge in [0.1, 0.15) is 11.5 Å². The van der Waals surface area contributed by atoms with E-state index in [1.54, 1.807) is 30.5 Å². The van der Waals surface area contributed by atoms with Crippen LogP contribution in [0.2, 0.25) is 5.02 Å². The number of rotatable bonds is 9. The van der Waals surface area contributed by atoms with Crippen molar-refractivity contribution in [3.05, 3.63) is 53.1 Å². The number of thioether (sulfide) groups is 1. The summed E-state index contributed by atoms with van der Waals surface area (Å²) in [5.41, 5.74) is 3.98. The molecule has 0 saturated carbocycles. The van der Waals surface area contributed by atoms with Crippen molar-refractivity contribution in [2.75, 3.05) is 36.6 Å². The van der Waals surface area contributed by atoms with Gasteiger partial charge in [-0.05, 0) is 6.07 Å². The summed E-state index contributed by atoms with van der Waals surface area (Å²) in [7, 11) is 3.07. The summed E-state index contributed by atoms with van der Waals surface area (Å²) in [5, 5.41) is 15.6. The number of nitrogens with one attached hydrogen (secondary N) is 2. The molecule has 3 aromatic rings. The van der Waals surface area contributed by atoms with Gasteiger partial charge in [-0.15, -0.1) is 10.2 Å². The molecule has 31 heavy (non-hydrogen) atoms. The predicted molar refractivity (Wildman–Crippen MR) is 122 cm³/mol.